The standard InChI is InChI=1S/C13H24N6O/c1-3-18(9-6-10-20)12-15-11(14-2)16-13(17-12)19-7-4-5-8-19/h20H,3-10H2,1-2H3,(H,14,15,16,17). The van der Waals surface area contributed by atoms with E-state index in [1.807, 2.05) is 7.05 Å². The Labute approximate surface area is 120 Å². The van der Waals surface area contributed by atoms with Gasteiger partial charge in [-0.25, -0.2) is 0 Å². The van der Waals surface area contributed by atoms with E-state index in [4.69, 9.17) is 5.11 Å². The average molecular weight is 280 g/mol. The number of nitrogens with one attached hydrogen (secondary N) is 1. The van der Waals surface area contributed by atoms with Crippen molar-refractivity contribution >= 4 is 17.8 Å². The summed E-state index contributed by atoms with van der Waals surface area (Å²) >= 11 is 0. The Morgan fingerprint density at radius 2 is 2.00 bits per heavy atom. The Morgan fingerprint density at radius 1 is 1.25 bits per heavy atom. The fraction of sp³-hybridized carbons (Fsp3) is 0.769. The molecule has 20 heavy (non-hydrogen) atoms. The number of hydrogen-bond donors (Lipinski definition) is 2. The number of rotatable bonds is 7. The van der Waals surface area contributed by atoms with Crippen LogP contribution in [0.1, 0.15) is 26.2 Å². The van der Waals surface area contributed by atoms with Crippen LogP contribution in [-0.4, -0.2) is 59.9 Å². The van der Waals surface area contributed by atoms with Gasteiger partial charge in [-0.2, -0.15) is 15.0 Å². The van der Waals surface area contributed by atoms with Gasteiger partial charge in [-0.3, -0.25) is 0 Å². The van der Waals surface area contributed by atoms with Gasteiger partial charge >= 0.3 is 0 Å². The maximum absolute atomic E-state index is 8.99. The molecule has 7 nitrogen and oxygen atoms in total. The van der Waals surface area contributed by atoms with Gasteiger partial charge in [0.25, 0.3) is 0 Å². The van der Waals surface area contributed by atoms with E-state index >= 15 is 0 Å². The molecule has 1 aromatic rings. The van der Waals surface area contributed by atoms with E-state index in [-0.39, 0.29) is 6.61 Å². The molecule has 0 unspecified atom stereocenters. The number of anilines is 3. The topological polar surface area (TPSA) is 77.4 Å². The van der Waals surface area contributed by atoms with E-state index in [2.05, 4.69) is 37.0 Å². The summed E-state index contributed by atoms with van der Waals surface area (Å²) in [4.78, 5) is 17.7. The Morgan fingerprint density at radius 3 is 2.60 bits per heavy atom. The molecule has 2 heterocycles. The molecule has 1 aliphatic heterocycles. The summed E-state index contributed by atoms with van der Waals surface area (Å²) in [7, 11) is 1.82. The molecule has 112 valence electrons. The van der Waals surface area contributed by atoms with E-state index in [0.29, 0.717) is 18.3 Å². The first-order valence-electron chi connectivity index (χ1n) is 7.33. The Kier molecular flexibility index (Phi) is 5.34. The lowest BCUT2D eigenvalue weighted by molar-refractivity contribution is 0.289. The van der Waals surface area contributed by atoms with Gasteiger partial charge in [0, 0.05) is 39.8 Å². The molecule has 1 aliphatic rings. The summed E-state index contributed by atoms with van der Waals surface area (Å²) in [5, 5.41) is 12.0. The molecule has 2 N–H and O–H groups in total. The van der Waals surface area contributed by atoms with Crippen LogP contribution in [0.25, 0.3) is 0 Å². The van der Waals surface area contributed by atoms with Crippen molar-refractivity contribution in [2.75, 3.05) is 55.0 Å². The van der Waals surface area contributed by atoms with Gasteiger partial charge in [0.15, 0.2) is 0 Å². The predicted molar refractivity (Wildman–Crippen MR) is 80.4 cm³/mol. The van der Waals surface area contributed by atoms with E-state index in [9.17, 15) is 0 Å². The van der Waals surface area contributed by atoms with Gasteiger partial charge in [-0.15, -0.1) is 0 Å². The molecule has 0 bridgehead atoms. The maximum Gasteiger partial charge on any atom is 0.231 e. The highest BCUT2D eigenvalue weighted by molar-refractivity contribution is 5.45. The number of aliphatic hydroxyl groups is 1. The van der Waals surface area contributed by atoms with Crippen molar-refractivity contribution in [1.82, 2.24) is 15.0 Å². The Balaban J connectivity index is 2.23. The molecule has 0 radical (unpaired) electrons. The zero-order valence-electron chi connectivity index (χ0n) is 12.3. The van der Waals surface area contributed by atoms with E-state index in [0.717, 1.165) is 32.1 Å². The van der Waals surface area contributed by atoms with Crippen LogP contribution in [0.2, 0.25) is 0 Å². The summed E-state index contributed by atoms with van der Waals surface area (Å²) < 4.78 is 0. The molecule has 0 saturated carbocycles. The number of aliphatic hydroxyl groups excluding tert-OH is 1. The van der Waals surface area contributed by atoms with Crippen LogP contribution >= 0.6 is 0 Å². The molecule has 7 heteroatoms. The summed E-state index contributed by atoms with van der Waals surface area (Å²) in [5.41, 5.74) is 0. The molecule has 0 aromatic carbocycles. The second-order valence-corrected chi connectivity index (χ2v) is 4.86. The normalized spacial score (nSPS) is 14.7. The van der Waals surface area contributed by atoms with Crippen LogP contribution in [0.4, 0.5) is 17.8 Å². The van der Waals surface area contributed by atoms with Crippen LogP contribution < -0.4 is 15.1 Å². The highest BCUT2D eigenvalue weighted by atomic mass is 16.3. The van der Waals surface area contributed by atoms with Crippen LogP contribution in [0.15, 0.2) is 0 Å². The van der Waals surface area contributed by atoms with Crippen LogP contribution in [-0.2, 0) is 0 Å². The van der Waals surface area contributed by atoms with Crippen molar-refractivity contribution in [3.63, 3.8) is 0 Å². The predicted octanol–water partition coefficient (Wildman–Crippen LogP) is 0.722. The van der Waals surface area contributed by atoms with Gasteiger partial charge < -0.3 is 20.2 Å². The molecule has 1 fully saturated rings. The molecule has 1 saturated heterocycles. The molecule has 0 amide bonds. The maximum atomic E-state index is 8.99. The Hall–Kier alpha value is -1.63. The summed E-state index contributed by atoms with van der Waals surface area (Å²) in [5.74, 6) is 2.03. The van der Waals surface area contributed by atoms with Crippen molar-refractivity contribution in [2.24, 2.45) is 0 Å². The summed E-state index contributed by atoms with van der Waals surface area (Å²) in [6.45, 7) is 5.83. The summed E-state index contributed by atoms with van der Waals surface area (Å²) in [6.07, 6.45) is 3.10. The lowest BCUT2D eigenvalue weighted by Crippen LogP contribution is -2.29. The fourth-order valence-corrected chi connectivity index (χ4v) is 2.33. The smallest absolute Gasteiger partial charge is 0.231 e. The first-order valence-corrected chi connectivity index (χ1v) is 7.33. The zero-order valence-corrected chi connectivity index (χ0v) is 12.3. The fourth-order valence-electron chi connectivity index (χ4n) is 2.33. The van der Waals surface area contributed by atoms with E-state index in [1.165, 1.54) is 12.8 Å². The lowest BCUT2D eigenvalue weighted by Gasteiger charge is -2.23. The third-order valence-electron chi connectivity index (χ3n) is 3.48. The molecule has 0 aliphatic carbocycles. The monoisotopic (exact) mass is 280 g/mol. The molecular formula is C13H24N6O. The minimum Gasteiger partial charge on any atom is -0.396 e. The minimum absolute atomic E-state index is 0.180. The first kappa shape index (κ1) is 14.8. The molecule has 0 spiro atoms. The first-order chi connectivity index (χ1) is 9.78. The van der Waals surface area contributed by atoms with Crippen molar-refractivity contribution in [1.29, 1.82) is 0 Å². The van der Waals surface area contributed by atoms with Gasteiger partial charge in [-0.1, -0.05) is 0 Å². The molecule has 0 atom stereocenters. The molecule has 1 aromatic heterocycles. The SMILES string of the molecule is CCN(CCCO)c1nc(NC)nc(N2CCCC2)n1. The zero-order chi connectivity index (χ0) is 14.4. The highest BCUT2D eigenvalue weighted by Gasteiger charge is 2.18. The largest absolute Gasteiger partial charge is 0.396 e. The van der Waals surface area contributed by atoms with Gasteiger partial charge in [0.1, 0.15) is 0 Å². The second-order valence-electron chi connectivity index (χ2n) is 4.86. The third-order valence-corrected chi connectivity index (χ3v) is 3.48. The number of hydrogen-bond acceptors (Lipinski definition) is 7. The number of aromatic nitrogens is 3. The van der Waals surface area contributed by atoms with E-state index < -0.39 is 0 Å². The van der Waals surface area contributed by atoms with Crippen molar-refractivity contribution in [3.05, 3.63) is 0 Å². The van der Waals surface area contributed by atoms with Gasteiger partial charge in [0.05, 0.1) is 0 Å². The van der Waals surface area contributed by atoms with Gasteiger partial charge in [-0.05, 0) is 26.2 Å². The lowest BCUT2D eigenvalue weighted by atomic mass is 10.4. The third kappa shape index (κ3) is 3.47. The molecular weight excluding hydrogens is 256 g/mol. The Bertz CT molecular complexity index is 421. The van der Waals surface area contributed by atoms with Gasteiger partial charge in [0.2, 0.25) is 17.8 Å². The second kappa shape index (κ2) is 7.23. The van der Waals surface area contributed by atoms with Crippen molar-refractivity contribution in [2.45, 2.75) is 26.2 Å². The highest BCUT2D eigenvalue weighted by Crippen LogP contribution is 2.20. The van der Waals surface area contributed by atoms with Crippen LogP contribution in [0, 0.1) is 0 Å². The average Bonchev–Trinajstić information content (AvgIpc) is 3.02. The van der Waals surface area contributed by atoms with Crippen LogP contribution in [0.3, 0.4) is 0 Å². The molecule has 2 rings (SSSR count). The summed E-state index contributed by atoms with van der Waals surface area (Å²) in [6, 6.07) is 0. The quantitative estimate of drug-likeness (QED) is 0.762. The van der Waals surface area contributed by atoms with Crippen LogP contribution in [0.5, 0.6) is 0 Å². The number of nitrogens with zero attached hydrogens (tertiary/aromatic N) is 5. The minimum atomic E-state index is 0.180. The van der Waals surface area contributed by atoms with Crippen molar-refractivity contribution in [3.8, 4) is 0 Å². The van der Waals surface area contributed by atoms with Crippen molar-refractivity contribution < 1.29 is 5.11 Å². The van der Waals surface area contributed by atoms with E-state index in [1.54, 1.807) is 0 Å².